The third-order valence-electron chi connectivity index (χ3n) is 3.92. The summed E-state index contributed by atoms with van der Waals surface area (Å²) in [6.45, 7) is 3.60. The smallest absolute Gasteiger partial charge is 0.273 e. The van der Waals surface area contributed by atoms with Crippen LogP contribution in [-0.2, 0) is 9.59 Å². The summed E-state index contributed by atoms with van der Waals surface area (Å²) in [5.74, 6) is -1.22. The third kappa shape index (κ3) is 4.92. The first kappa shape index (κ1) is 19.7. The van der Waals surface area contributed by atoms with Crippen molar-refractivity contribution in [2.75, 3.05) is 18.9 Å². The van der Waals surface area contributed by atoms with Crippen molar-refractivity contribution in [2.45, 2.75) is 18.7 Å². The van der Waals surface area contributed by atoms with E-state index in [0.29, 0.717) is 5.69 Å². The molecule has 1 aliphatic carbocycles. The SMILES string of the molecule is CN/N=C(\CNC(=O)C1C(C)=CC=CC1(C)Cl)C(=O)Nc1cccnc1. The van der Waals surface area contributed by atoms with Crippen LogP contribution in [-0.4, -0.2) is 41.0 Å². The monoisotopic (exact) mass is 375 g/mol. The summed E-state index contributed by atoms with van der Waals surface area (Å²) in [5, 5.41) is 9.38. The van der Waals surface area contributed by atoms with Gasteiger partial charge in [0.05, 0.1) is 29.2 Å². The molecule has 2 amide bonds. The summed E-state index contributed by atoms with van der Waals surface area (Å²) in [7, 11) is 1.58. The van der Waals surface area contributed by atoms with E-state index in [4.69, 9.17) is 11.6 Å². The van der Waals surface area contributed by atoms with Crippen molar-refractivity contribution >= 4 is 34.8 Å². The average Bonchev–Trinajstić information content (AvgIpc) is 2.58. The van der Waals surface area contributed by atoms with Crippen LogP contribution in [0.2, 0.25) is 0 Å². The predicted molar refractivity (Wildman–Crippen MR) is 103 cm³/mol. The van der Waals surface area contributed by atoms with Gasteiger partial charge in [0.25, 0.3) is 5.91 Å². The van der Waals surface area contributed by atoms with Crippen LogP contribution in [0.3, 0.4) is 0 Å². The van der Waals surface area contributed by atoms with Gasteiger partial charge < -0.3 is 16.1 Å². The van der Waals surface area contributed by atoms with Crippen LogP contribution < -0.4 is 16.1 Å². The number of hydrazone groups is 1. The molecule has 2 rings (SSSR count). The number of alkyl halides is 1. The zero-order valence-electron chi connectivity index (χ0n) is 14.9. The molecule has 0 bridgehead atoms. The summed E-state index contributed by atoms with van der Waals surface area (Å²) in [4.78, 5) is 28.1. The van der Waals surface area contributed by atoms with Crippen molar-refractivity contribution in [1.29, 1.82) is 0 Å². The lowest BCUT2D eigenvalue weighted by Crippen LogP contribution is -2.45. The predicted octanol–water partition coefficient (Wildman–Crippen LogP) is 1.84. The molecule has 8 heteroatoms. The number of carbonyl (C=O) groups excluding carboxylic acids is 2. The molecule has 3 N–H and O–H groups in total. The minimum Gasteiger partial charge on any atom is -0.350 e. The Morgan fingerprint density at radius 1 is 1.42 bits per heavy atom. The van der Waals surface area contributed by atoms with Crippen molar-refractivity contribution in [3.63, 3.8) is 0 Å². The largest absolute Gasteiger partial charge is 0.350 e. The number of hydrogen-bond acceptors (Lipinski definition) is 5. The number of nitrogens with zero attached hydrogens (tertiary/aromatic N) is 2. The molecule has 0 spiro atoms. The van der Waals surface area contributed by atoms with E-state index in [-0.39, 0.29) is 18.2 Å². The Labute approximate surface area is 157 Å². The van der Waals surface area contributed by atoms with E-state index in [0.717, 1.165) is 5.57 Å². The minimum absolute atomic E-state index is 0.0355. The molecule has 0 fully saturated rings. The van der Waals surface area contributed by atoms with Gasteiger partial charge in [-0.2, -0.15) is 5.10 Å². The maximum absolute atomic E-state index is 12.6. The van der Waals surface area contributed by atoms with Gasteiger partial charge in [0, 0.05) is 13.2 Å². The van der Waals surface area contributed by atoms with Gasteiger partial charge in [0.2, 0.25) is 5.91 Å². The number of pyridine rings is 1. The molecule has 7 nitrogen and oxygen atoms in total. The molecule has 0 aromatic carbocycles. The van der Waals surface area contributed by atoms with E-state index in [9.17, 15) is 9.59 Å². The number of carbonyl (C=O) groups is 2. The summed E-state index contributed by atoms with van der Waals surface area (Å²) < 4.78 is 0. The maximum Gasteiger partial charge on any atom is 0.273 e. The van der Waals surface area contributed by atoms with E-state index in [1.54, 1.807) is 38.4 Å². The van der Waals surface area contributed by atoms with Gasteiger partial charge in [-0.25, -0.2) is 0 Å². The number of halogens is 1. The molecule has 1 aromatic heterocycles. The molecule has 1 aromatic rings. The lowest BCUT2D eigenvalue weighted by molar-refractivity contribution is -0.124. The summed E-state index contributed by atoms with van der Waals surface area (Å²) in [6, 6.07) is 3.42. The molecule has 0 saturated carbocycles. The first-order valence-electron chi connectivity index (χ1n) is 8.12. The van der Waals surface area contributed by atoms with Crippen LogP contribution in [0.1, 0.15) is 13.8 Å². The van der Waals surface area contributed by atoms with Crippen LogP contribution in [0.4, 0.5) is 5.69 Å². The number of anilines is 1. The number of allylic oxidation sites excluding steroid dienone is 3. The van der Waals surface area contributed by atoms with E-state index >= 15 is 0 Å². The van der Waals surface area contributed by atoms with Gasteiger partial charge in [-0.3, -0.25) is 14.6 Å². The van der Waals surface area contributed by atoms with Gasteiger partial charge >= 0.3 is 0 Å². The molecular formula is C18H22ClN5O2. The second-order valence-corrected chi connectivity index (χ2v) is 6.86. The Morgan fingerprint density at radius 3 is 2.81 bits per heavy atom. The highest BCUT2D eigenvalue weighted by molar-refractivity contribution is 6.44. The second kappa shape index (κ2) is 8.62. The fourth-order valence-electron chi connectivity index (χ4n) is 2.71. The van der Waals surface area contributed by atoms with Gasteiger partial charge in [-0.05, 0) is 26.0 Å². The molecular weight excluding hydrogens is 354 g/mol. The van der Waals surface area contributed by atoms with Crippen LogP contribution in [0.15, 0.2) is 53.4 Å². The number of aromatic nitrogens is 1. The molecule has 0 saturated heterocycles. The zero-order chi connectivity index (χ0) is 19.2. The van der Waals surface area contributed by atoms with Crippen LogP contribution in [0.25, 0.3) is 0 Å². The van der Waals surface area contributed by atoms with E-state index < -0.39 is 16.7 Å². The maximum atomic E-state index is 12.6. The summed E-state index contributed by atoms with van der Waals surface area (Å²) in [5.41, 5.74) is 4.10. The number of nitrogens with one attached hydrogen (secondary N) is 3. The fraction of sp³-hybridized carbons (Fsp3) is 0.333. The van der Waals surface area contributed by atoms with Gasteiger partial charge in [-0.15, -0.1) is 11.6 Å². The topological polar surface area (TPSA) is 95.5 Å². The third-order valence-corrected chi connectivity index (χ3v) is 4.27. The van der Waals surface area contributed by atoms with Crippen molar-refractivity contribution in [1.82, 2.24) is 15.7 Å². The number of amides is 2. The highest BCUT2D eigenvalue weighted by Gasteiger charge is 2.38. The second-order valence-electron chi connectivity index (χ2n) is 6.05. The van der Waals surface area contributed by atoms with E-state index in [2.05, 4.69) is 26.1 Å². The summed E-state index contributed by atoms with van der Waals surface area (Å²) in [6.07, 6.45) is 8.60. The van der Waals surface area contributed by atoms with Gasteiger partial charge in [-0.1, -0.05) is 23.8 Å². The highest BCUT2D eigenvalue weighted by atomic mass is 35.5. The quantitative estimate of drug-likeness (QED) is 0.401. The lowest BCUT2D eigenvalue weighted by Gasteiger charge is -2.31. The normalized spacial score (nSPS) is 22.4. The fourth-order valence-corrected chi connectivity index (χ4v) is 3.05. The molecule has 138 valence electrons. The van der Waals surface area contributed by atoms with E-state index in [1.807, 2.05) is 19.1 Å². The van der Waals surface area contributed by atoms with Crippen molar-refractivity contribution < 1.29 is 9.59 Å². The van der Waals surface area contributed by atoms with Crippen LogP contribution >= 0.6 is 11.6 Å². The first-order chi connectivity index (χ1) is 12.3. The molecule has 1 heterocycles. The Morgan fingerprint density at radius 2 is 2.19 bits per heavy atom. The highest BCUT2D eigenvalue weighted by Crippen LogP contribution is 2.35. The number of rotatable bonds is 6. The molecule has 0 aliphatic heterocycles. The molecule has 1 aliphatic rings. The van der Waals surface area contributed by atoms with Gasteiger partial charge in [0.1, 0.15) is 5.71 Å². The minimum atomic E-state index is -0.818. The molecule has 2 atom stereocenters. The van der Waals surface area contributed by atoms with Crippen molar-refractivity contribution in [3.05, 3.63) is 48.3 Å². The summed E-state index contributed by atoms with van der Waals surface area (Å²) >= 11 is 6.46. The first-order valence-corrected chi connectivity index (χ1v) is 8.50. The zero-order valence-corrected chi connectivity index (χ0v) is 15.7. The van der Waals surface area contributed by atoms with Crippen LogP contribution in [0, 0.1) is 5.92 Å². The Hall–Kier alpha value is -2.67. The Balaban J connectivity index is 2.03. The van der Waals surface area contributed by atoms with Crippen molar-refractivity contribution in [3.8, 4) is 0 Å². The Kier molecular flexibility index (Phi) is 6.52. The van der Waals surface area contributed by atoms with E-state index in [1.165, 1.54) is 6.20 Å². The van der Waals surface area contributed by atoms with Crippen molar-refractivity contribution in [2.24, 2.45) is 11.0 Å². The van der Waals surface area contributed by atoms with Crippen LogP contribution in [0.5, 0.6) is 0 Å². The molecule has 0 radical (unpaired) electrons. The lowest BCUT2D eigenvalue weighted by atomic mass is 9.82. The average molecular weight is 376 g/mol. The molecule has 2 unspecified atom stereocenters. The van der Waals surface area contributed by atoms with Gasteiger partial charge in [0.15, 0.2) is 0 Å². The standard InChI is InChI=1S/C18H22ClN5O2/c1-12-6-4-8-18(2,19)15(12)17(26)22-11-14(24-20-3)16(25)23-13-7-5-9-21-10-13/h4-10,15,20H,11H2,1-3H3,(H,22,26)(H,23,25)/b24-14+. The molecule has 26 heavy (non-hydrogen) atoms. The Bertz CT molecular complexity index is 756. The number of hydrogen-bond donors (Lipinski definition) is 3.